The third-order valence-corrected chi connectivity index (χ3v) is 8.03. The van der Waals surface area contributed by atoms with Crippen molar-refractivity contribution in [2.24, 2.45) is 12.5 Å². The van der Waals surface area contributed by atoms with Crippen LogP contribution >= 0.6 is 0 Å². The Balaban J connectivity index is 1.34. The Morgan fingerprint density at radius 3 is 2.60 bits per heavy atom. The third-order valence-electron chi connectivity index (χ3n) is 8.03. The maximum Gasteiger partial charge on any atom is 0.274 e. The lowest BCUT2D eigenvalue weighted by molar-refractivity contribution is -0.147. The topological polar surface area (TPSA) is 84.7 Å². The molecule has 3 aliphatic rings. The highest BCUT2D eigenvalue weighted by atomic mass is 16.5. The van der Waals surface area contributed by atoms with Crippen LogP contribution in [0.15, 0.2) is 41.2 Å². The van der Waals surface area contributed by atoms with E-state index in [1.807, 2.05) is 12.1 Å². The highest BCUT2D eigenvalue weighted by Gasteiger charge is 2.46. The quantitative estimate of drug-likeness (QED) is 0.629. The summed E-state index contributed by atoms with van der Waals surface area (Å²) in [6.45, 7) is 2.35. The molecule has 1 aromatic heterocycles. The number of carbonyl (C=O) groups excluding carboxylic acids is 2. The molecule has 5 rings (SSSR count). The second-order valence-corrected chi connectivity index (χ2v) is 10.2. The van der Waals surface area contributed by atoms with Gasteiger partial charge in [-0.05, 0) is 62.6 Å². The minimum Gasteiger partial charge on any atom is -0.491 e. The number of hydrogen-bond donors (Lipinski definition) is 0. The molecule has 0 radical (unpaired) electrons. The van der Waals surface area contributed by atoms with Gasteiger partial charge in [0.2, 0.25) is 5.91 Å². The fourth-order valence-corrected chi connectivity index (χ4v) is 5.88. The lowest BCUT2D eigenvalue weighted by Crippen LogP contribution is -2.53. The number of rotatable bonds is 1. The van der Waals surface area contributed by atoms with Gasteiger partial charge < -0.3 is 14.5 Å². The molecule has 8 nitrogen and oxygen atoms in total. The molecule has 0 unspecified atom stereocenters. The molecule has 0 saturated carbocycles. The number of aryl methyl sites for hydroxylation is 2. The van der Waals surface area contributed by atoms with Gasteiger partial charge in [-0.1, -0.05) is 24.6 Å². The van der Waals surface area contributed by atoms with Crippen LogP contribution in [0.5, 0.6) is 5.75 Å². The van der Waals surface area contributed by atoms with Gasteiger partial charge in [-0.25, -0.2) is 4.68 Å². The van der Waals surface area contributed by atoms with Crippen LogP contribution < -0.4 is 10.3 Å². The number of carbonyl (C=O) groups is 2. The van der Waals surface area contributed by atoms with Crippen molar-refractivity contribution in [2.45, 2.75) is 57.4 Å². The predicted octanol–water partition coefficient (Wildman–Crippen LogP) is 2.80. The molecule has 3 aliphatic heterocycles. The Hall–Kier alpha value is -3.16. The average Bonchev–Trinajstić information content (AvgIpc) is 3.35. The summed E-state index contributed by atoms with van der Waals surface area (Å²) in [5, 5.41) is 4.12. The molecular formula is C27H34N4O4. The zero-order chi connectivity index (χ0) is 24.4. The Morgan fingerprint density at radius 2 is 1.80 bits per heavy atom. The van der Waals surface area contributed by atoms with Gasteiger partial charge in [-0.2, -0.15) is 5.10 Å². The van der Waals surface area contributed by atoms with E-state index >= 15 is 0 Å². The second kappa shape index (κ2) is 9.84. The summed E-state index contributed by atoms with van der Waals surface area (Å²) in [5.41, 5.74) is 0.825. The highest BCUT2D eigenvalue weighted by Crippen LogP contribution is 2.41. The highest BCUT2D eigenvalue weighted by molar-refractivity contribution is 5.92. The molecule has 0 N–H and O–H groups in total. The molecule has 1 atom stereocenters. The molecule has 35 heavy (non-hydrogen) atoms. The Kier molecular flexibility index (Phi) is 6.62. The van der Waals surface area contributed by atoms with Crippen LogP contribution in [0.2, 0.25) is 0 Å². The first-order valence-corrected chi connectivity index (χ1v) is 12.8. The van der Waals surface area contributed by atoms with Gasteiger partial charge in [0.05, 0.1) is 11.5 Å². The van der Waals surface area contributed by atoms with Crippen molar-refractivity contribution in [3.63, 3.8) is 0 Å². The number of para-hydroxylation sites is 1. The van der Waals surface area contributed by atoms with Crippen LogP contribution in [0.4, 0.5) is 0 Å². The van der Waals surface area contributed by atoms with Crippen molar-refractivity contribution in [3.05, 3.63) is 58.0 Å². The number of likely N-dealkylation sites (tertiary alicyclic amines) is 1. The molecule has 0 bridgehead atoms. The lowest BCUT2D eigenvalue weighted by Gasteiger charge is -2.44. The summed E-state index contributed by atoms with van der Waals surface area (Å²) in [5.74, 6) is 1.01. The first kappa shape index (κ1) is 23.6. The summed E-state index contributed by atoms with van der Waals surface area (Å²) in [7, 11) is 1.54. The van der Waals surface area contributed by atoms with Crippen LogP contribution in [0.3, 0.4) is 0 Å². The van der Waals surface area contributed by atoms with Gasteiger partial charge >= 0.3 is 0 Å². The summed E-state index contributed by atoms with van der Waals surface area (Å²) >= 11 is 0. The summed E-state index contributed by atoms with van der Waals surface area (Å²) in [6.07, 6.45) is 7.04. The van der Waals surface area contributed by atoms with E-state index in [0.717, 1.165) is 50.8 Å². The van der Waals surface area contributed by atoms with E-state index in [-0.39, 0.29) is 29.1 Å². The fourth-order valence-electron chi connectivity index (χ4n) is 5.88. The number of amides is 2. The van der Waals surface area contributed by atoms with E-state index in [0.29, 0.717) is 32.5 Å². The van der Waals surface area contributed by atoms with Crippen molar-refractivity contribution in [1.29, 1.82) is 0 Å². The van der Waals surface area contributed by atoms with Crippen LogP contribution in [0.25, 0.3) is 0 Å². The zero-order valence-electron chi connectivity index (χ0n) is 20.4. The zero-order valence-corrected chi connectivity index (χ0v) is 20.4. The molecule has 0 aliphatic carbocycles. The van der Waals surface area contributed by atoms with Crippen molar-refractivity contribution in [3.8, 4) is 5.75 Å². The van der Waals surface area contributed by atoms with E-state index in [1.54, 1.807) is 11.9 Å². The Morgan fingerprint density at radius 1 is 1.00 bits per heavy atom. The van der Waals surface area contributed by atoms with E-state index in [4.69, 9.17) is 4.74 Å². The minimum absolute atomic E-state index is 0.0984. The summed E-state index contributed by atoms with van der Waals surface area (Å²) < 4.78 is 7.42. The lowest BCUT2D eigenvalue weighted by atomic mass is 9.72. The molecule has 2 fully saturated rings. The predicted molar refractivity (Wildman–Crippen MR) is 131 cm³/mol. The van der Waals surface area contributed by atoms with E-state index < -0.39 is 5.41 Å². The molecule has 1 spiro atoms. The number of fused-ring (bicyclic) bond motifs is 2. The number of benzene rings is 1. The number of aromatic nitrogens is 2. The standard InChI is InChI=1S/C27H34N4O4/c1-29-24(32)12-11-22(28-29)25(33)30-17-14-27(15-18-30)13-5-4-8-20-7-2-3-10-23(20)35-19-21-9-6-16-31(21)26(27)34/h2-3,7,10-12,21H,4-6,8-9,13-19H2,1H3/t21-/m0/s1. The molecule has 1 aromatic carbocycles. The van der Waals surface area contributed by atoms with E-state index in [9.17, 15) is 14.4 Å². The number of ether oxygens (including phenoxy) is 1. The summed E-state index contributed by atoms with van der Waals surface area (Å²) in [6, 6.07) is 11.2. The van der Waals surface area contributed by atoms with Gasteiger partial charge in [0.25, 0.3) is 11.5 Å². The van der Waals surface area contributed by atoms with Crippen molar-refractivity contribution >= 4 is 11.8 Å². The van der Waals surface area contributed by atoms with Crippen molar-refractivity contribution < 1.29 is 14.3 Å². The van der Waals surface area contributed by atoms with Gasteiger partial charge in [0.15, 0.2) is 0 Å². The normalized spacial score (nSPS) is 22.5. The van der Waals surface area contributed by atoms with E-state index in [2.05, 4.69) is 22.1 Å². The largest absolute Gasteiger partial charge is 0.491 e. The molecule has 4 heterocycles. The molecule has 186 valence electrons. The molecule has 2 amide bonds. The van der Waals surface area contributed by atoms with Crippen molar-refractivity contribution in [1.82, 2.24) is 19.6 Å². The molecule has 2 aromatic rings. The van der Waals surface area contributed by atoms with Crippen LogP contribution in [-0.2, 0) is 18.3 Å². The van der Waals surface area contributed by atoms with E-state index in [1.165, 1.54) is 22.4 Å². The number of hydrogen-bond acceptors (Lipinski definition) is 5. The monoisotopic (exact) mass is 478 g/mol. The number of piperidine rings is 1. The minimum atomic E-state index is -0.435. The smallest absolute Gasteiger partial charge is 0.274 e. The maximum absolute atomic E-state index is 14.0. The summed E-state index contributed by atoms with van der Waals surface area (Å²) in [4.78, 5) is 42.6. The second-order valence-electron chi connectivity index (χ2n) is 10.2. The van der Waals surface area contributed by atoms with Crippen LogP contribution in [0, 0.1) is 5.41 Å². The molecule has 8 heteroatoms. The first-order valence-electron chi connectivity index (χ1n) is 12.8. The third kappa shape index (κ3) is 4.70. The van der Waals surface area contributed by atoms with Gasteiger partial charge in [0.1, 0.15) is 18.1 Å². The molecule has 2 saturated heterocycles. The Bertz CT molecular complexity index is 1150. The van der Waals surface area contributed by atoms with Gasteiger partial charge in [-0.3, -0.25) is 14.4 Å². The first-order chi connectivity index (χ1) is 17.0. The SMILES string of the molecule is Cn1nc(C(=O)N2CCC3(CCCCc4ccccc4OC[C@@H]4CCCN4C3=O)CC2)ccc1=O. The number of nitrogens with zero attached hydrogens (tertiary/aromatic N) is 4. The molecular weight excluding hydrogens is 444 g/mol. The average molecular weight is 479 g/mol. The Labute approximate surface area is 205 Å². The maximum atomic E-state index is 14.0. The van der Waals surface area contributed by atoms with Crippen LogP contribution in [-0.4, -0.2) is 63.7 Å². The van der Waals surface area contributed by atoms with Gasteiger partial charge in [-0.15, -0.1) is 0 Å². The van der Waals surface area contributed by atoms with Crippen LogP contribution in [0.1, 0.15) is 61.0 Å². The fraction of sp³-hybridized carbons (Fsp3) is 0.556. The van der Waals surface area contributed by atoms with Gasteiger partial charge in [0, 0.05) is 32.7 Å². The van der Waals surface area contributed by atoms with Crippen molar-refractivity contribution in [2.75, 3.05) is 26.2 Å².